The number of rotatable bonds is 4. The standard InChI is InChI=1S/C13H15N3O3/c1-16-12(14)6-10(15-16)8-4-9(7-17)13(19-3)11(5-8)18-2/h4-7H,14H2,1-3H3. The van der Waals surface area contributed by atoms with E-state index < -0.39 is 0 Å². The molecule has 6 heteroatoms. The average molecular weight is 261 g/mol. The second-order valence-electron chi connectivity index (χ2n) is 4.00. The molecule has 1 heterocycles. The molecule has 2 aromatic rings. The van der Waals surface area contributed by atoms with E-state index in [2.05, 4.69) is 5.10 Å². The second-order valence-corrected chi connectivity index (χ2v) is 4.00. The van der Waals surface area contributed by atoms with E-state index in [4.69, 9.17) is 15.2 Å². The first-order valence-electron chi connectivity index (χ1n) is 5.61. The number of benzene rings is 1. The summed E-state index contributed by atoms with van der Waals surface area (Å²) in [6.07, 6.45) is 0.719. The molecule has 0 atom stereocenters. The fraction of sp³-hybridized carbons (Fsp3) is 0.231. The van der Waals surface area contributed by atoms with Crippen LogP contribution in [0.1, 0.15) is 10.4 Å². The van der Waals surface area contributed by atoms with Crippen molar-refractivity contribution in [1.29, 1.82) is 0 Å². The fourth-order valence-electron chi connectivity index (χ4n) is 1.85. The molecule has 0 aliphatic heterocycles. The van der Waals surface area contributed by atoms with E-state index in [1.54, 1.807) is 29.9 Å². The monoisotopic (exact) mass is 261 g/mol. The lowest BCUT2D eigenvalue weighted by molar-refractivity contribution is 0.112. The van der Waals surface area contributed by atoms with Gasteiger partial charge in [0.1, 0.15) is 5.82 Å². The van der Waals surface area contributed by atoms with Gasteiger partial charge in [0, 0.05) is 18.7 Å². The minimum atomic E-state index is 0.404. The number of anilines is 1. The Morgan fingerprint density at radius 2 is 2.00 bits per heavy atom. The Labute approximate surface area is 110 Å². The SMILES string of the molecule is COc1cc(-c2cc(N)n(C)n2)cc(C=O)c1OC. The van der Waals surface area contributed by atoms with Crippen LogP contribution in [0, 0.1) is 0 Å². The van der Waals surface area contributed by atoms with Crippen molar-refractivity contribution in [2.45, 2.75) is 0 Å². The molecule has 0 aliphatic carbocycles. The van der Waals surface area contributed by atoms with Gasteiger partial charge < -0.3 is 15.2 Å². The minimum absolute atomic E-state index is 0.404. The van der Waals surface area contributed by atoms with E-state index in [0.717, 1.165) is 11.8 Å². The highest BCUT2D eigenvalue weighted by Crippen LogP contribution is 2.35. The molecule has 0 saturated heterocycles. The molecular weight excluding hydrogens is 246 g/mol. The number of aromatic nitrogens is 2. The van der Waals surface area contributed by atoms with Gasteiger partial charge in [0.2, 0.25) is 0 Å². The van der Waals surface area contributed by atoms with Crippen LogP contribution in [0.2, 0.25) is 0 Å². The Balaban J connectivity index is 2.61. The van der Waals surface area contributed by atoms with Gasteiger partial charge in [-0.2, -0.15) is 5.10 Å². The first-order chi connectivity index (χ1) is 9.10. The van der Waals surface area contributed by atoms with E-state index in [1.807, 2.05) is 0 Å². The van der Waals surface area contributed by atoms with Crippen LogP contribution in [-0.4, -0.2) is 30.3 Å². The number of carbonyl (C=O) groups is 1. The van der Waals surface area contributed by atoms with Gasteiger partial charge in [-0.25, -0.2) is 0 Å². The Hall–Kier alpha value is -2.50. The third-order valence-corrected chi connectivity index (χ3v) is 2.85. The van der Waals surface area contributed by atoms with Crippen molar-refractivity contribution in [2.75, 3.05) is 20.0 Å². The first-order valence-corrected chi connectivity index (χ1v) is 5.61. The molecule has 0 unspecified atom stereocenters. The molecule has 2 N–H and O–H groups in total. The van der Waals surface area contributed by atoms with E-state index in [1.165, 1.54) is 14.2 Å². The Morgan fingerprint density at radius 1 is 1.26 bits per heavy atom. The molecule has 19 heavy (non-hydrogen) atoms. The van der Waals surface area contributed by atoms with Crippen LogP contribution in [0.25, 0.3) is 11.3 Å². The summed E-state index contributed by atoms with van der Waals surface area (Å²) in [4.78, 5) is 11.1. The van der Waals surface area contributed by atoms with Gasteiger partial charge in [0.25, 0.3) is 0 Å². The summed E-state index contributed by atoms with van der Waals surface area (Å²) in [7, 11) is 4.76. The average Bonchev–Trinajstić information content (AvgIpc) is 2.76. The number of aldehydes is 1. The van der Waals surface area contributed by atoms with Crippen molar-refractivity contribution < 1.29 is 14.3 Å². The molecule has 1 aromatic carbocycles. The molecule has 100 valence electrons. The smallest absolute Gasteiger partial charge is 0.171 e. The number of carbonyl (C=O) groups excluding carboxylic acids is 1. The van der Waals surface area contributed by atoms with Gasteiger partial charge in [-0.1, -0.05) is 0 Å². The third-order valence-electron chi connectivity index (χ3n) is 2.85. The van der Waals surface area contributed by atoms with Crippen LogP contribution in [0.4, 0.5) is 5.82 Å². The maximum atomic E-state index is 11.1. The molecule has 0 spiro atoms. The van der Waals surface area contributed by atoms with E-state index in [0.29, 0.717) is 28.6 Å². The van der Waals surface area contributed by atoms with E-state index in [9.17, 15) is 4.79 Å². The summed E-state index contributed by atoms with van der Waals surface area (Å²) in [6.45, 7) is 0. The largest absolute Gasteiger partial charge is 0.493 e. The third kappa shape index (κ3) is 2.24. The van der Waals surface area contributed by atoms with Gasteiger partial charge in [0.15, 0.2) is 17.8 Å². The lowest BCUT2D eigenvalue weighted by atomic mass is 10.1. The minimum Gasteiger partial charge on any atom is -0.493 e. The topological polar surface area (TPSA) is 79.4 Å². The van der Waals surface area contributed by atoms with E-state index in [-0.39, 0.29) is 0 Å². The van der Waals surface area contributed by atoms with Gasteiger partial charge >= 0.3 is 0 Å². The fourth-order valence-corrected chi connectivity index (χ4v) is 1.85. The number of hydrogen-bond acceptors (Lipinski definition) is 5. The molecule has 2 rings (SSSR count). The van der Waals surface area contributed by atoms with Crippen molar-refractivity contribution in [3.05, 3.63) is 23.8 Å². The Bertz CT molecular complexity index is 600. The Morgan fingerprint density at radius 3 is 2.47 bits per heavy atom. The van der Waals surface area contributed by atoms with Gasteiger partial charge in [-0.15, -0.1) is 0 Å². The van der Waals surface area contributed by atoms with Crippen LogP contribution in [0.3, 0.4) is 0 Å². The lowest BCUT2D eigenvalue weighted by Gasteiger charge is -2.11. The highest BCUT2D eigenvalue weighted by molar-refractivity contribution is 5.85. The zero-order valence-corrected chi connectivity index (χ0v) is 11.0. The van der Waals surface area contributed by atoms with Gasteiger partial charge in [-0.05, 0) is 12.1 Å². The van der Waals surface area contributed by atoms with Gasteiger partial charge in [-0.3, -0.25) is 9.48 Å². The van der Waals surface area contributed by atoms with Crippen LogP contribution in [0.15, 0.2) is 18.2 Å². The first kappa shape index (κ1) is 12.9. The Kier molecular flexibility index (Phi) is 3.41. The number of nitrogen functional groups attached to an aromatic ring is 1. The quantitative estimate of drug-likeness (QED) is 0.844. The molecule has 1 aromatic heterocycles. The molecule has 0 bridgehead atoms. The molecule has 0 amide bonds. The zero-order chi connectivity index (χ0) is 14.0. The zero-order valence-electron chi connectivity index (χ0n) is 11.0. The summed E-state index contributed by atoms with van der Waals surface area (Å²) < 4.78 is 12.0. The van der Waals surface area contributed by atoms with Crippen LogP contribution < -0.4 is 15.2 Å². The van der Waals surface area contributed by atoms with E-state index >= 15 is 0 Å². The van der Waals surface area contributed by atoms with Crippen molar-refractivity contribution in [3.8, 4) is 22.8 Å². The van der Waals surface area contributed by atoms with Gasteiger partial charge in [0.05, 0.1) is 25.5 Å². The predicted octanol–water partition coefficient (Wildman–Crippen LogP) is 1.50. The number of hydrogen-bond donors (Lipinski definition) is 1. The van der Waals surface area contributed by atoms with Crippen LogP contribution in [-0.2, 0) is 7.05 Å². The highest BCUT2D eigenvalue weighted by Gasteiger charge is 2.14. The molecule has 0 radical (unpaired) electrons. The number of aryl methyl sites for hydroxylation is 1. The molecular formula is C13H15N3O3. The summed E-state index contributed by atoms with van der Waals surface area (Å²) in [5.41, 5.74) is 7.57. The second kappa shape index (κ2) is 5.01. The molecule has 6 nitrogen and oxygen atoms in total. The summed E-state index contributed by atoms with van der Waals surface area (Å²) in [6, 6.07) is 5.18. The highest BCUT2D eigenvalue weighted by atomic mass is 16.5. The summed E-state index contributed by atoms with van der Waals surface area (Å²) in [5.74, 6) is 1.42. The lowest BCUT2D eigenvalue weighted by Crippen LogP contribution is -1.97. The summed E-state index contributed by atoms with van der Waals surface area (Å²) >= 11 is 0. The van der Waals surface area contributed by atoms with Crippen LogP contribution in [0.5, 0.6) is 11.5 Å². The van der Waals surface area contributed by atoms with Crippen molar-refractivity contribution in [3.63, 3.8) is 0 Å². The maximum absolute atomic E-state index is 11.1. The van der Waals surface area contributed by atoms with Crippen molar-refractivity contribution in [2.24, 2.45) is 7.05 Å². The normalized spacial score (nSPS) is 10.3. The number of ether oxygens (including phenoxy) is 2. The van der Waals surface area contributed by atoms with Crippen molar-refractivity contribution in [1.82, 2.24) is 9.78 Å². The molecule has 0 aliphatic rings. The number of methoxy groups -OCH3 is 2. The molecule has 0 saturated carbocycles. The molecule has 0 fully saturated rings. The summed E-state index contributed by atoms with van der Waals surface area (Å²) in [5, 5.41) is 4.27. The maximum Gasteiger partial charge on any atom is 0.171 e. The number of nitrogens with two attached hydrogens (primary N) is 1. The van der Waals surface area contributed by atoms with Crippen LogP contribution >= 0.6 is 0 Å². The van der Waals surface area contributed by atoms with Crippen molar-refractivity contribution >= 4 is 12.1 Å². The number of nitrogens with zero attached hydrogens (tertiary/aromatic N) is 2. The predicted molar refractivity (Wildman–Crippen MR) is 71.5 cm³/mol.